The first kappa shape index (κ1) is 17.7. The largest absolute Gasteiger partial charge is 0.444 e. The first-order valence-electron chi connectivity index (χ1n) is 7.75. The molecule has 23 heavy (non-hydrogen) atoms. The lowest BCUT2D eigenvalue weighted by molar-refractivity contribution is 0.0241. The molecule has 1 atom stereocenters. The lowest BCUT2D eigenvalue weighted by Crippen LogP contribution is -2.42. The van der Waals surface area contributed by atoms with Crippen LogP contribution in [0, 0.1) is 0 Å². The van der Waals surface area contributed by atoms with Crippen LogP contribution in [0.3, 0.4) is 0 Å². The summed E-state index contributed by atoms with van der Waals surface area (Å²) >= 11 is 0. The Morgan fingerprint density at radius 2 is 2.17 bits per heavy atom. The molecule has 2 rings (SSSR count). The molecule has 1 aromatic rings. The number of hydrogen-bond donors (Lipinski definition) is 0. The van der Waals surface area contributed by atoms with Gasteiger partial charge in [-0.15, -0.1) is 0 Å². The van der Waals surface area contributed by atoms with Crippen LogP contribution in [0.25, 0.3) is 0 Å². The zero-order valence-corrected chi connectivity index (χ0v) is 14.7. The highest BCUT2D eigenvalue weighted by atomic mass is 32.2. The third kappa shape index (κ3) is 5.49. The molecule has 1 fully saturated rings. The molecule has 7 heteroatoms. The summed E-state index contributed by atoms with van der Waals surface area (Å²) in [7, 11) is -3.32. The van der Waals surface area contributed by atoms with Crippen molar-refractivity contribution in [3.8, 4) is 0 Å². The summed E-state index contributed by atoms with van der Waals surface area (Å²) in [5.74, 6) is -0.0966. The van der Waals surface area contributed by atoms with E-state index >= 15 is 0 Å². The second kappa shape index (κ2) is 6.86. The smallest absolute Gasteiger partial charge is 0.410 e. The first-order valence-corrected chi connectivity index (χ1v) is 9.57. The molecule has 0 unspecified atom stereocenters. The standard InChI is InChI=1S/C16H24N2O4S/c1-16(2,3)22-15(19)18-9-5-7-14(18)12-23(20,21)11-13-6-4-8-17-10-13/h4,6,8,10,14H,5,7,9,11-12H2,1-3H3/t14-/m1/s1. The molecule has 6 nitrogen and oxygen atoms in total. The van der Waals surface area contributed by atoms with E-state index in [1.54, 1.807) is 50.2 Å². The molecule has 0 aliphatic carbocycles. The van der Waals surface area contributed by atoms with Gasteiger partial charge in [0.25, 0.3) is 0 Å². The van der Waals surface area contributed by atoms with Crippen LogP contribution in [0.5, 0.6) is 0 Å². The molecule has 0 radical (unpaired) electrons. The average Bonchev–Trinajstić information content (AvgIpc) is 2.84. The summed E-state index contributed by atoms with van der Waals surface area (Å²) in [6.45, 7) is 5.95. The number of carbonyl (C=O) groups excluding carboxylic acids is 1. The molecule has 0 aromatic carbocycles. The van der Waals surface area contributed by atoms with Crippen molar-refractivity contribution in [2.45, 2.75) is 51.0 Å². The summed E-state index contributed by atoms with van der Waals surface area (Å²) in [5.41, 5.74) is 0.0769. The van der Waals surface area contributed by atoms with Crippen LogP contribution >= 0.6 is 0 Å². The van der Waals surface area contributed by atoms with Gasteiger partial charge in [0.1, 0.15) is 5.60 Å². The molecule has 0 spiro atoms. The van der Waals surface area contributed by atoms with Crippen molar-refractivity contribution in [3.05, 3.63) is 30.1 Å². The van der Waals surface area contributed by atoms with Gasteiger partial charge in [-0.25, -0.2) is 13.2 Å². The van der Waals surface area contributed by atoms with E-state index in [4.69, 9.17) is 4.74 Å². The Morgan fingerprint density at radius 1 is 1.43 bits per heavy atom. The van der Waals surface area contributed by atoms with Crippen LogP contribution in [0.2, 0.25) is 0 Å². The van der Waals surface area contributed by atoms with E-state index in [0.29, 0.717) is 18.5 Å². The Morgan fingerprint density at radius 3 is 2.78 bits per heavy atom. The summed E-state index contributed by atoms with van der Waals surface area (Å²) in [5, 5.41) is 0. The number of pyridine rings is 1. The molecule has 2 heterocycles. The highest BCUT2D eigenvalue weighted by Gasteiger charge is 2.34. The maximum Gasteiger partial charge on any atom is 0.410 e. The van der Waals surface area contributed by atoms with Crippen molar-refractivity contribution in [3.63, 3.8) is 0 Å². The summed E-state index contributed by atoms with van der Waals surface area (Å²) in [4.78, 5) is 17.7. The average molecular weight is 340 g/mol. The molecule has 1 amide bonds. The fraction of sp³-hybridized carbons (Fsp3) is 0.625. The number of hydrogen-bond acceptors (Lipinski definition) is 5. The first-order chi connectivity index (χ1) is 10.7. The predicted octanol–water partition coefficient (Wildman–Crippen LogP) is 2.40. The van der Waals surface area contributed by atoms with Gasteiger partial charge in [0.2, 0.25) is 0 Å². The molecule has 0 saturated carbocycles. The fourth-order valence-corrected chi connectivity index (χ4v) is 4.39. The van der Waals surface area contributed by atoms with E-state index in [-0.39, 0.29) is 17.5 Å². The molecule has 1 aliphatic heterocycles. The lowest BCUT2D eigenvalue weighted by Gasteiger charge is -2.28. The normalized spacial score (nSPS) is 18.9. The Kier molecular flexibility index (Phi) is 5.29. The molecule has 0 bridgehead atoms. The van der Waals surface area contributed by atoms with Crippen LogP contribution in [0.1, 0.15) is 39.2 Å². The Labute approximate surface area is 137 Å². The van der Waals surface area contributed by atoms with Crippen molar-refractivity contribution in [1.82, 2.24) is 9.88 Å². The quantitative estimate of drug-likeness (QED) is 0.841. The van der Waals surface area contributed by atoms with E-state index in [2.05, 4.69) is 4.98 Å². The van der Waals surface area contributed by atoms with E-state index in [0.717, 1.165) is 6.42 Å². The maximum absolute atomic E-state index is 12.4. The van der Waals surface area contributed by atoms with E-state index in [1.165, 1.54) is 0 Å². The zero-order chi connectivity index (χ0) is 17.1. The van der Waals surface area contributed by atoms with Gasteiger partial charge in [0, 0.05) is 25.0 Å². The molecule has 128 valence electrons. The van der Waals surface area contributed by atoms with Crippen LogP contribution in [-0.4, -0.2) is 48.3 Å². The van der Waals surface area contributed by atoms with Crippen molar-refractivity contribution in [2.24, 2.45) is 0 Å². The van der Waals surface area contributed by atoms with E-state index in [1.807, 2.05) is 0 Å². The van der Waals surface area contributed by atoms with E-state index in [9.17, 15) is 13.2 Å². The van der Waals surface area contributed by atoms with Crippen molar-refractivity contribution in [2.75, 3.05) is 12.3 Å². The fourth-order valence-electron chi connectivity index (χ4n) is 2.66. The van der Waals surface area contributed by atoms with Gasteiger partial charge in [-0.05, 0) is 45.2 Å². The van der Waals surface area contributed by atoms with Crippen molar-refractivity contribution in [1.29, 1.82) is 0 Å². The number of aromatic nitrogens is 1. The molecular weight excluding hydrogens is 316 g/mol. The maximum atomic E-state index is 12.4. The minimum absolute atomic E-state index is 0.0405. The van der Waals surface area contributed by atoms with Gasteiger partial charge in [-0.2, -0.15) is 0 Å². The molecular formula is C16H24N2O4S. The molecule has 0 N–H and O–H groups in total. The van der Waals surface area contributed by atoms with Crippen LogP contribution < -0.4 is 0 Å². The van der Waals surface area contributed by atoms with E-state index < -0.39 is 21.5 Å². The lowest BCUT2D eigenvalue weighted by atomic mass is 10.2. The third-order valence-corrected chi connectivity index (χ3v) is 5.23. The molecule has 1 aromatic heterocycles. The minimum Gasteiger partial charge on any atom is -0.444 e. The molecule has 1 aliphatic rings. The van der Waals surface area contributed by atoms with Gasteiger partial charge >= 0.3 is 6.09 Å². The van der Waals surface area contributed by atoms with Gasteiger partial charge in [-0.3, -0.25) is 4.98 Å². The Balaban J connectivity index is 2.01. The number of amides is 1. The second-order valence-electron chi connectivity index (χ2n) is 6.89. The Hall–Kier alpha value is -1.63. The highest BCUT2D eigenvalue weighted by Crippen LogP contribution is 2.23. The van der Waals surface area contributed by atoms with Gasteiger partial charge < -0.3 is 9.64 Å². The predicted molar refractivity (Wildman–Crippen MR) is 87.7 cm³/mol. The third-order valence-electron chi connectivity index (χ3n) is 3.56. The van der Waals surface area contributed by atoms with Gasteiger partial charge in [0.15, 0.2) is 9.84 Å². The number of likely N-dealkylation sites (tertiary alicyclic amines) is 1. The van der Waals surface area contributed by atoms with Crippen molar-refractivity contribution < 1.29 is 17.9 Å². The number of ether oxygens (including phenoxy) is 1. The number of sulfone groups is 1. The van der Waals surface area contributed by atoms with Crippen LogP contribution in [0.15, 0.2) is 24.5 Å². The molecule has 1 saturated heterocycles. The summed E-state index contributed by atoms with van der Waals surface area (Å²) in [6.07, 6.45) is 4.21. The van der Waals surface area contributed by atoms with Crippen molar-refractivity contribution >= 4 is 15.9 Å². The summed E-state index contributed by atoms with van der Waals surface area (Å²) < 4.78 is 30.2. The zero-order valence-electron chi connectivity index (χ0n) is 13.9. The number of nitrogens with zero attached hydrogens (tertiary/aromatic N) is 2. The second-order valence-corrected chi connectivity index (χ2v) is 8.99. The topological polar surface area (TPSA) is 76.6 Å². The summed E-state index contributed by atoms with van der Waals surface area (Å²) in [6, 6.07) is 3.14. The SMILES string of the molecule is CC(C)(C)OC(=O)N1CCC[C@@H]1CS(=O)(=O)Cc1cccnc1. The highest BCUT2D eigenvalue weighted by molar-refractivity contribution is 7.90. The van der Waals surface area contributed by atoms with Crippen LogP contribution in [0.4, 0.5) is 4.79 Å². The minimum atomic E-state index is -3.32. The van der Waals surface area contributed by atoms with Gasteiger partial charge in [-0.1, -0.05) is 6.07 Å². The monoisotopic (exact) mass is 340 g/mol. The number of carbonyl (C=O) groups is 1. The Bertz CT molecular complexity index is 638. The van der Waals surface area contributed by atoms with Gasteiger partial charge in [0.05, 0.1) is 11.5 Å². The van der Waals surface area contributed by atoms with Crippen LogP contribution in [-0.2, 0) is 20.3 Å². The number of rotatable bonds is 4.